The van der Waals surface area contributed by atoms with Crippen LogP contribution in [0.3, 0.4) is 0 Å². The molecule has 2 unspecified atom stereocenters. The van der Waals surface area contributed by atoms with E-state index in [9.17, 15) is 4.79 Å². The molecule has 0 saturated carbocycles. The highest BCUT2D eigenvalue weighted by molar-refractivity contribution is 5.80. The van der Waals surface area contributed by atoms with Gasteiger partial charge in [0.1, 0.15) is 5.78 Å². The quantitative estimate of drug-likeness (QED) is 0.782. The van der Waals surface area contributed by atoms with E-state index in [4.69, 9.17) is 0 Å². The number of piperidine rings is 3. The SMILES string of the molecule is CCCN1CCC(N2C3CCCC2CC(=O)C3)CC1. The van der Waals surface area contributed by atoms with E-state index >= 15 is 0 Å². The molecule has 3 aliphatic heterocycles. The zero-order valence-corrected chi connectivity index (χ0v) is 12.3. The van der Waals surface area contributed by atoms with Crippen LogP contribution in [0.25, 0.3) is 0 Å². The smallest absolute Gasteiger partial charge is 0.136 e. The predicted molar refractivity (Wildman–Crippen MR) is 77.3 cm³/mol. The molecule has 19 heavy (non-hydrogen) atoms. The Hall–Kier alpha value is -0.410. The van der Waals surface area contributed by atoms with E-state index in [1.54, 1.807) is 0 Å². The third-order valence-electron chi connectivity index (χ3n) is 5.36. The molecule has 108 valence electrons. The van der Waals surface area contributed by atoms with Crippen molar-refractivity contribution in [2.45, 2.75) is 76.4 Å². The van der Waals surface area contributed by atoms with Gasteiger partial charge in [0.25, 0.3) is 0 Å². The van der Waals surface area contributed by atoms with Gasteiger partial charge in [-0.3, -0.25) is 9.69 Å². The van der Waals surface area contributed by atoms with Crippen molar-refractivity contribution in [1.29, 1.82) is 0 Å². The van der Waals surface area contributed by atoms with Crippen LogP contribution in [-0.2, 0) is 4.79 Å². The first kappa shape index (κ1) is 13.6. The van der Waals surface area contributed by atoms with Crippen molar-refractivity contribution in [3.63, 3.8) is 0 Å². The Morgan fingerprint density at radius 2 is 1.63 bits per heavy atom. The van der Waals surface area contributed by atoms with Gasteiger partial charge in [0.15, 0.2) is 0 Å². The summed E-state index contributed by atoms with van der Waals surface area (Å²) in [6.45, 7) is 6.07. The second-order valence-corrected chi connectivity index (χ2v) is 6.71. The first-order valence-corrected chi connectivity index (χ1v) is 8.29. The third kappa shape index (κ3) is 2.87. The highest BCUT2D eigenvalue weighted by Crippen LogP contribution is 2.36. The van der Waals surface area contributed by atoms with Crippen molar-refractivity contribution in [3.05, 3.63) is 0 Å². The molecule has 2 bridgehead atoms. The van der Waals surface area contributed by atoms with Crippen LogP contribution < -0.4 is 0 Å². The van der Waals surface area contributed by atoms with Crippen LogP contribution in [-0.4, -0.2) is 53.3 Å². The monoisotopic (exact) mass is 264 g/mol. The van der Waals surface area contributed by atoms with Gasteiger partial charge < -0.3 is 4.90 Å². The molecule has 3 nitrogen and oxygen atoms in total. The Kier molecular flexibility index (Phi) is 4.23. The van der Waals surface area contributed by atoms with Crippen LogP contribution in [0, 0.1) is 0 Å². The summed E-state index contributed by atoms with van der Waals surface area (Å²) in [6.07, 6.45) is 9.45. The van der Waals surface area contributed by atoms with Gasteiger partial charge in [-0.15, -0.1) is 0 Å². The highest BCUT2D eigenvalue weighted by Gasteiger charge is 2.41. The van der Waals surface area contributed by atoms with Crippen LogP contribution >= 0.6 is 0 Å². The van der Waals surface area contributed by atoms with Crippen molar-refractivity contribution in [3.8, 4) is 0 Å². The van der Waals surface area contributed by atoms with Gasteiger partial charge in [0, 0.05) is 31.0 Å². The first-order chi connectivity index (χ1) is 9.28. The molecule has 0 radical (unpaired) electrons. The maximum absolute atomic E-state index is 11.8. The minimum atomic E-state index is 0.523. The number of Topliss-reactive ketones (excluding diaryl/α,β-unsaturated/α-hetero) is 1. The Bertz CT molecular complexity index is 307. The number of ketones is 1. The summed E-state index contributed by atoms with van der Waals surface area (Å²) in [4.78, 5) is 17.2. The molecule has 3 aliphatic rings. The number of fused-ring (bicyclic) bond motifs is 2. The minimum absolute atomic E-state index is 0.523. The molecule has 0 aromatic rings. The number of likely N-dealkylation sites (tertiary alicyclic amines) is 1. The van der Waals surface area contributed by atoms with Crippen LogP contribution in [0.4, 0.5) is 0 Å². The summed E-state index contributed by atoms with van der Waals surface area (Å²) in [6, 6.07) is 1.93. The van der Waals surface area contributed by atoms with Crippen LogP contribution in [0.5, 0.6) is 0 Å². The molecular formula is C16H28N2O. The van der Waals surface area contributed by atoms with Crippen molar-refractivity contribution in [2.75, 3.05) is 19.6 Å². The number of nitrogens with zero attached hydrogens (tertiary/aromatic N) is 2. The fraction of sp³-hybridized carbons (Fsp3) is 0.938. The van der Waals surface area contributed by atoms with Crippen LogP contribution in [0.2, 0.25) is 0 Å². The van der Waals surface area contributed by atoms with E-state index in [1.807, 2.05) is 0 Å². The number of hydrogen-bond donors (Lipinski definition) is 0. The van der Waals surface area contributed by atoms with Crippen molar-refractivity contribution >= 4 is 5.78 Å². The fourth-order valence-corrected chi connectivity index (χ4v) is 4.56. The van der Waals surface area contributed by atoms with E-state index in [0.717, 1.165) is 18.9 Å². The number of carbonyl (C=O) groups is 1. The molecule has 0 amide bonds. The molecule has 0 N–H and O–H groups in total. The first-order valence-electron chi connectivity index (χ1n) is 8.29. The fourth-order valence-electron chi connectivity index (χ4n) is 4.56. The Labute approximate surface area is 117 Å². The number of rotatable bonds is 3. The standard InChI is InChI=1S/C16H28N2O/c1-2-8-17-9-6-13(7-10-17)18-14-4-3-5-15(18)12-16(19)11-14/h13-15H,2-12H2,1H3. The van der Waals surface area contributed by atoms with Gasteiger partial charge in [-0.1, -0.05) is 13.3 Å². The van der Waals surface area contributed by atoms with Gasteiger partial charge in [-0.05, 0) is 51.7 Å². The summed E-state index contributed by atoms with van der Waals surface area (Å²) in [5.74, 6) is 0.523. The molecule has 0 aliphatic carbocycles. The van der Waals surface area contributed by atoms with Crippen molar-refractivity contribution in [1.82, 2.24) is 9.80 Å². The summed E-state index contributed by atoms with van der Waals surface area (Å²) < 4.78 is 0. The van der Waals surface area contributed by atoms with Gasteiger partial charge in [0.05, 0.1) is 0 Å². The van der Waals surface area contributed by atoms with E-state index in [1.165, 1.54) is 58.2 Å². The maximum Gasteiger partial charge on any atom is 0.136 e. The third-order valence-corrected chi connectivity index (χ3v) is 5.36. The Balaban J connectivity index is 1.61. The lowest BCUT2D eigenvalue weighted by Crippen LogP contribution is -2.58. The van der Waals surface area contributed by atoms with Crippen LogP contribution in [0.15, 0.2) is 0 Å². The highest BCUT2D eigenvalue weighted by atomic mass is 16.1. The molecule has 2 atom stereocenters. The van der Waals surface area contributed by atoms with Crippen molar-refractivity contribution in [2.24, 2.45) is 0 Å². The molecule has 3 fully saturated rings. The molecule has 3 heteroatoms. The Morgan fingerprint density at radius 3 is 2.21 bits per heavy atom. The molecule has 0 aromatic carbocycles. The van der Waals surface area contributed by atoms with Gasteiger partial charge in [0.2, 0.25) is 0 Å². The zero-order valence-electron chi connectivity index (χ0n) is 12.3. The van der Waals surface area contributed by atoms with Gasteiger partial charge in [-0.2, -0.15) is 0 Å². The van der Waals surface area contributed by atoms with E-state index in [-0.39, 0.29) is 0 Å². The lowest BCUT2D eigenvalue weighted by atomic mass is 9.81. The summed E-state index contributed by atoms with van der Waals surface area (Å²) in [5.41, 5.74) is 0. The topological polar surface area (TPSA) is 23.6 Å². The lowest BCUT2D eigenvalue weighted by molar-refractivity contribution is -0.129. The lowest BCUT2D eigenvalue weighted by Gasteiger charge is -2.51. The zero-order chi connectivity index (χ0) is 13.2. The molecule has 0 aromatic heterocycles. The van der Waals surface area contributed by atoms with Gasteiger partial charge in [-0.25, -0.2) is 0 Å². The molecular weight excluding hydrogens is 236 g/mol. The molecule has 0 spiro atoms. The molecule has 3 rings (SSSR count). The predicted octanol–water partition coefficient (Wildman–Crippen LogP) is 2.45. The second kappa shape index (κ2) is 5.92. The summed E-state index contributed by atoms with van der Waals surface area (Å²) in [7, 11) is 0. The maximum atomic E-state index is 11.8. The largest absolute Gasteiger partial charge is 0.303 e. The summed E-state index contributed by atoms with van der Waals surface area (Å²) in [5, 5.41) is 0. The summed E-state index contributed by atoms with van der Waals surface area (Å²) >= 11 is 0. The van der Waals surface area contributed by atoms with Gasteiger partial charge >= 0.3 is 0 Å². The van der Waals surface area contributed by atoms with Crippen LogP contribution in [0.1, 0.15) is 58.3 Å². The van der Waals surface area contributed by atoms with Crippen molar-refractivity contribution < 1.29 is 4.79 Å². The number of carbonyl (C=O) groups excluding carboxylic acids is 1. The number of hydrogen-bond acceptors (Lipinski definition) is 3. The van der Waals surface area contributed by atoms with E-state index < -0.39 is 0 Å². The molecule has 3 heterocycles. The normalized spacial score (nSPS) is 34.7. The molecule has 3 saturated heterocycles. The Morgan fingerprint density at radius 1 is 1.00 bits per heavy atom. The van der Waals surface area contributed by atoms with E-state index in [0.29, 0.717) is 17.9 Å². The average molecular weight is 264 g/mol. The second-order valence-electron chi connectivity index (χ2n) is 6.71. The average Bonchev–Trinajstić information content (AvgIpc) is 2.39. The van der Waals surface area contributed by atoms with E-state index in [2.05, 4.69) is 16.7 Å². The minimum Gasteiger partial charge on any atom is -0.303 e.